The van der Waals surface area contributed by atoms with Gasteiger partial charge in [-0.1, -0.05) is 17.7 Å². The molecule has 0 fully saturated rings. The number of aromatic amines is 2. The summed E-state index contributed by atoms with van der Waals surface area (Å²) in [7, 11) is 0. The second-order valence-electron chi connectivity index (χ2n) is 6.38. The SMILES string of the molecule is CCOCCN=c1nc(Nc2cccc(Cl)c2)nc2/c(=C/c3[nH]c(=O)[nH]c3O)cnn12. The number of hydrogen-bond donors (Lipinski definition) is 4. The highest BCUT2D eigenvalue weighted by Crippen LogP contribution is 2.17. The number of aromatic hydroxyl groups is 1. The van der Waals surface area contributed by atoms with Gasteiger partial charge in [0.15, 0.2) is 5.65 Å². The predicted octanol–water partition coefficient (Wildman–Crippen LogP) is 0.728. The van der Waals surface area contributed by atoms with Crippen molar-refractivity contribution in [2.45, 2.75) is 6.92 Å². The molecule has 0 radical (unpaired) electrons. The topological polar surface area (TPSA) is 146 Å². The van der Waals surface area contributed by atoms with E-state index in [2.05, 4.69) is 35.3 Å². The van der Waals surface area contributed by atoms with Crippen molar-refractivity contribution in [2.75, 3.05) is 25.1 Å². The molecule has 0 amide bonds. The third-order valence-electron chi connectivity index (χ3n) is 4.19. The zero-order valence-electron chi connectivity index (χ0n) is 16.5. The number of H-pyrrole nitrogens is 2. The monoisotopic (exact) mass is 442 g/mol. The lowest BCUT2D eigenvalue weighted by Crippen LogP contribution is -2.24. The van der Waals surface area contributed by atoms with Gasteiger partial charge in [-0.3, -0.25) is 4.98 Å². The van der Waals surface area contributed by atoms with E-state index in [1.165, 1.54) is 4.52 Å². The van der Waals surface area contributed by atoms with Crippen LogP contribution in [0.5, 0.6) is 5.88 Å². The van der Waals surface area contributed by atoms with E-state index in [0.29, 0.717) is 47.0 Å². The molecule has 0 saturated carbocycles. The fraction of sp³-hybridized carbons (Fsp3) is 0.211. The summed E-state index contributed by atoms with van der Waals surface area (Å²) in [5, 5.41) is 18.4. The fourth-order valence-corrected chi connectivity index (χ4v) is 3.03. The molecular formula is C19H19ClN8O3. The molecule has 0 spiro atoms. The lowest BCUT2D eigenvalue weighted by Gasteiger charge is -2.05. The van der Waals surface area contributed by atoms with E-state index in [9.17, 15) is 9.90 Å². The molecule has 11 nitrogen and oxygen atoms in total. The molecule has 0 aliphatic heterocycles. The Bertz CT molecular complexity index is 1390. The quantitative estimate of drug-likeness (QED) is 0.308. The van der Waals surface area contributed by atoms with Crippen molar-refractivity contribution >= 4 is 35.0 Å². The Hall–Kier alpha value is -3.70. The third-order valence-corrected chi connectivity index (χ3v) is 4.42. The summed E-state index contributed by atoms with van der Waals surface area (Å²) in [5.41, 5.74) is 1.13. The first-order valence-corrected chi connectivity index (χ1v) is 9.81. The van der Waals surface area contributed by atoms with Gasteiger partial charge in [0, 0.05) is 22.5 Å². The van der Waals surface area contributed by atoms with Gasteiger partial charge in [-0.15, -0.1) is 0 Å². The molecule has 31 heavy (non-hydrogen) atoms. The Kier molecular flexibility index (Phi) is 5.96. The number of hydrogen-bond acceptors (Lipinski definition) is 8. The summed E-state index contributed by atoms with van der Waals surface area (Å²) in [6.45, 7) is 3.33. The molecule has 0 atom stereocenters. The summed E-state index contributed by atoms with van der Waals surface area (Å²) < 4.78 is 6.81. The fourth-order valence-electron chi connectivity index (χ4n) is 2.84. The van der Waals surface area contributed by atoms with Gasteiger partial charge >= 0.3 is 5.69 Å². The van der Waals surface area contributed by atoms with Gasteiger partial charge in [0.25, 0.3) is 5.62 Å². The number of ether oxygens (including phenoxy) is 1. The van der Waals surface area contributed by atoms with Gasteiger partial charge in [0.05, 0.1) is 19.3 Å². The molecule has 0 aliphatic carbocycles. The van der Waals surface area contributed by atoms with E-state index >= 15 is 0 Å². The minimum Gasteiger partial charge on any atom is -0.493 e. The molecule has 1 aromatic carbocycles. The van der Waals surface area contributed by atoms with Crippen LogP contribution in [-0.2, 0) is 4.74 Å². The van der Waals surface area contributed by atoms with Crippen LogP contribution >= 0.6 is 11.6 Å². The Balaban J connectivity index is 1.84. The van der Waals surface area contributed by atoms with Gasteiger partial charge in [-0.25, -0.2) is 9.79 Å². The highest BCUT2D eigenvalue weighted by molar-refractivity contribution is 6.30. The van der Waals surface area contributed by atoms with E-state index in [-0.39, 0.29) is 17.5 Å². The van der Waals surface area contributed by atoms with Crippen LogP contribution in [0.15, 0.2) is 40.2 Å². The first kappa shape index (κ1) is 20.6. The van der Waals surface area contributed by atoms with Crippen LogP contribution in [0, 0.1) is 0 Å². The molecule has 0 bridgehead atoms. The standard InChI is InChI=1S/C19H19ClN8O3/c1-2-31-7-6-21-18-27-17(23-13-5-3-4-12(20)9-13)25-15-11(10-22-28(15)18)8-14-16(29)26-19(30)24-14/h3-5,8-10,29H,2,6-7H2,1H3,(H,21,23,27)(H2,24,26,30)/b11-8+. The average Bonchev–Trinajstić information content (AvgIpc) is 3.28. The van der Waals surface area contributed by atoms with Gasteiger partial charge in [0.1, 0.15) is 5.69 Å². The molecule has 4 rings (SSSR count). The maximum Gasteiger partial charge on any atom is 0.326 e. The molecule has 160 valence electrons. The second-order valence-corrected chi connectivity index (χ2v) is 6.82. The summed E-state index contributed by atoms with van der Waals surface area (Å²) in [5.74, 6) is 0.00386. The number of rotatable bonds is 7. The van der Waals surface area contributed by atoms with Gasteiger partial charge in [-0.05, 0) is 31.2 Å². The number of benzene rings is 1. The lowest BCUT2D eigenvalue weighted by atomic mass is 10.3. The molecule has 0 aliphatic rings. The minimum atomic E-state index is -0.523. The van der Waals surface area contributed by atoms with Crippen LogP contribution in [0.4, 0.5) is 11.6 Å². The first-order valence-electron chi connectivity index (χ1n) is 9.43. The molecule has 4 N–H and O–H groups in total. The molecule has 4 aromatic rings. The second kappa shape index (κ2) is 8.98. The summed E-state index contributed by atoms with van der Waals surface area (Å²) >= 11 is 6.06. The Morgan fingerprint density at radius 2 is 2.23 bits per heavy atom. The highest BCUT2D eigenvalue weighted by Gasteiger charge is 2.09. The summed E-state index contributed by atoms with van der Waals surface area (Å²) in [6, 6.07) is 7.14. The largest absolute Gasteiger partial charge is 0.493 e. The van der Waals surface area contributed by atoms with Gasteiger partial charge in [0.2, 0.25) is 11.8 Å². The number of halogens is 1. The predicted molar refractivity (Wildman–Crippen MR) is 114 cm³/mol. The van der Waals surface area contributed by atoms with Crippen molar-refractivity contribution in [3.8, 4) is 5.88 Å². The number of aromatic nitrogens is 6. The first-order chi connectivity index (χ1) is 15.0. The number of imidazole rings is 1. The number of nitrogens with zero attached hydrogens (tertiary/aromatic N) is 5. The zero-order valence-corrected chi connectivity index (χ0v) is 17.2. The molecule has 3 aromatic heterocycles. The summed E-state index contributed by atoms with van der Waals surface area (Å²) in [4.78, 5) is 29.6. The van der Waals surface area contributed by atoms with Crippen molar-refractivity contribution in [2.24, 2.45) is 4.99 Å². The number of fused-ring (bicyclic) bond motifs is 1. The van der Waals surface area contributed by atoms with Gasteiger partial charge in [-0.2, -0.15) is 19.6 Å². The van der Waals surface area contributed by atoms with E-state index < -0.39 is 5.69 Å². The average molecular weight is 443 g/mol. The van der Waals surface area contributed by atoms with Crippen LogP contribution in [-0.4, -0.2) is 54.4 Å². The highest BCUT2D eigenvalue weighted by atomic mass is 35.5. The van der Waals surface area contributed by atoms with Crippen LogP contribution in [0.2, 0.25) is 5.02 Å². The van der Waals surface area contributed by atoms with E-state index in [1.54, 1.807) is 30.5 Å². The van der Waals surface area contributed by atoms with Crippen molar-refractivity contribution in [3.05, 3.63) is 62.5 Å². The maximum absolute atomic E-state index is 11.4. The Morgan fingerprint density at radius 3 is 2.97 bits per heavy atom. The van der Waals surface area contributed by atoms with Crippen molar-refractivity contribution < 1.29 is 9.84 Å². The molecule has 0 unspecified atom stereocenters. The van der Waals surface area contributed by atoms with Gasteiger partial charge < -0.3 is 20.1 Å². The molecule has 0 saturated heterocycles. The van der Waals surface area contributed by atoms with E-state index in [4.69, 9.17) is 16.3 Å². The number of anilines is 2. The Morgan fingerprint density at radius 1 is 1.35 bits per heavy atom. The normalized spacial score (nSPS) is 12.7. The maximum atomic E-state index is 11.4. The third kappa shape index (κ3) is 4.73. The van der Waals surface area contributed by atoms with Crippen molar-refractivity contribution in [1.82, 2.24) is 29.5 Å². The number of nitrogens with one attached hydrogen (secondary N) is 3. The van der Waals surface area contributed by atoms with Crippen LogP contribution in [0.1, 0.15) is 12.6 Å². The minimum absolute atomic E-state index is 0.206. The smallest absolute Gasteiger partial charge is 0.326 e. The molecular weight excluding hydrogens is 424 g/mol. The van der Waals surface area contributed by atoms with Crippen LogP contribution in [0.3, 0.4) is 0 Å². The van der Waals surface area contributed by atoms with E-state index in [1.807, 2.05) is 13.0 Å². The van der Waals surface area contributed by atoms with Crippen molar-refractivity contribution in [1.29, 1.82) is 0 Å². The molecule has 3 heterocycles. The van der Waals surface area contributed by atoms with Crippen LogP contribution in [0.25, 0.3) is 11.7 Å². The zero-order chi connectivity index (χ0) is 21.8. The molecule has 12 heteroatoms. The van der Waals surface area contributed by atoms with Crippen molar-refractivity contribution in [3.63, 3.8) is 0 Å². The summed E-state index contributed by atoms with van der Waals surface area (Å²) in [6.07, 6.45) is 3.09. The van der Waals surface area contributed by atoms with Crippen LogP contribution < -0.4 is 21.8 Å². The van der Waals surface area contributed by atoms with E-state index in [0.717, 1.165) is 0 Å². The lowest BCUT2D eigenvalue weighted by molar-refractivity contribution is 0.155. The Labute approximate surface area is 180 Å².